The summed E-state index contributed by atoms with van der Waals surface area (Å²) in [7, 11) is 2.07. The monoisotopic (exact) mass is 283 g/mol. The number of aryl methyl sites for hydroxylation is 1. The van der Waals surface area contributed by atoms with E-state index in [1.807, 2.05) is 11.8 Å². The van der Waals surface area contributed by atoms with E-state index in [1.54, 1.807) is 0 Å². The molecule has 0 aromatic heterocycles. The van der Waals surface area contributed by atoms with Gasteiger partial charge in [0, 0.05) is 16.2 Å². The maximum absolute atomic E-state index is 3.51. The maximum atomic E-state index is 3.51. The summed E-state index contributed by atoms with van der Waals surface area (Å²) in [5.41, 5.74) is 4.30. The van der Waals surface area contributed by atoms with E-state index in [1.165, 1.54) is 21.6 Å². The number of fused-ring (bicyclic) bond motifs is 1. The normalized spacial score (nSPS) is 18.8. The van der Waals surface area contributed by atoms with E-state index in [-0.39, 0.29) is 0 Å². The molecule has 1 N–H and O–H groups in total. The molecule has 1 nitrogen and oxygen atoms in total. The Kier molecular flexibility index (Phi) is 4.13. The average Bonchev–Trinajstić information content (AvgIpc) is 2.92. The predicted molar refractivity (Wildman–Crippen MR) is 87.4 cm³/mol. The van der Waals surface area contributed by atoms with Crippen molar-refractivity contribution in [3.05, 3.63) is 65.2 Å². The number of hydrogen-bond acceptors (Lipinski definition) is 2. The first-order chi connectivity index (χ1) is 9.81. The van der Waals surface area contributed by atoms with Crippen LogP contribution in [-0.2, 0) is 12.8 Å². The summed E-state index contributed by atoms with van der Waals surface area (Å²) < 4.78 is 0. The first-order valence-corrected chi connectivity index (χ1v) is 8.20. The second kappa shape index (κ2) is 6.02. The van der Waals surface area contributed by atoms with Crippen LogP contribution in [0.2, 0.25) is 0 Å². The highest BCUT2D eigenvalue weighted by molar-refractivity contribution is 8.00. The lowest BCUT2D eigenvalue weighted by Gasteiger charge is -2.23. The summed E-state index contributed by atoms with van der Waals surface area (Å²) in [6.07, 6.45) is 2.26. The molecule has 0 aliphatic carbocycles. The quantitative estimate of drug-likeness (QED) is 0.901. The summed E-state index contributed by atoms with van der Waals surface area (Å²) in [5.74, 6) is 0. The lowest BCUT2D eigenvalue weighted by atomic mass is 9.97. The molecule has 0 amide bonds. The maximum Gasteiger partial charge on any atom is 0.0444 e. The second-order valence-electron chi connectivity index (χ2n) is 5.33. The number of thioether (sulfide) groups is 1. The van der Waals surface area contributed by atoms with Gasteiger partial charge in [-0.1, -0.05) is 49.4 Å². The molecule has 2 unspecified atom stereocenters. The molecule has 1 aliphatic heterocycles. The van der Waals surface area contributed by atoms with E-state index in [2.05, 4.69) is 67.8 Å². The molecular formula is C18H21NS. The summed E-state index contributed by atoms with van der Waals surface area (Å²) in [6, 6.07) is 18.3. The van der Waals surface area contributed by atoms with Crippen LogP contribution in [0.15, 0.2) is 53.4 Å². The molecule has 3 rings (SSSR count). The van der Waals surface area contributed by atoms with Gasteiger partial charge in [-0.3, -0.25) is 0 Å². The Bertz CT molecular complexity index is 551. The van der Waals surface area contributed by atoms with E-state index in [4.69, 9.17) is 0 Å². The van der Waals surface area contributed by atoms with E-state index in [9.17, 15) is 0 Å². The van der Waals surface area contributed by atoms with Crippen molar-refractivity contribution >= 4 is 11.8 Å². The number of benzene rings is 2. The molecule has 0 spiro atoms. The minimum Gasteiger partial charge on any atom is -0.312 e. The van der Waals surface area contributed by atoms with Crippen molar-refractivity contribution in [2.24, 2.45) is 0 Å². The van der Waals surface area contributed by atoms with Crippen LogP contribution in [-0.4, -0.2) is 12.3 Å². The second-order valence-corrected chi connectivity index (χ2v) is 6.61. The van der Waals surface area contributed by atoms with Gasteiger partial charge in [0.05, 0.1) is 0 Å². The lowest BCUT2D eigenvalue weighted by Crippen LogP contribution is -2.27. The summed E-state index contributed by atoms with van der Waals surface area (Å²) in [6.45, 7) is 2.20. The Morgan fingerprint density at radius 3 is 2.55 bits per heavy atom. The van der Waals surface area contributed by atoms with Gasteiger partial charge in [0.25, 0.3) is 0 Å². The molecule has 20 heavy (non-hydrogen) atoms. The highest BCUT2D eigenvalue weighted by Crippen LogP contribution is 2.42. The first kappa shape index (κ1) is 13.7. The first-order valence-electron chi connectivity index (χ1n) is 7.32. The topological polar surface area (TPSA) is 12.0 Å². The Morgan fingerprint density at radius 1 is 1.15 bits per heavy atom. The predicted octanol–water partition coefficient (Wildman–Crippen LogP) is 4.23. The van der Waals surface area contributed by atoms with Crippen LogP contribution < -0.4 is 5.32 Å². The SMILES string of the molecule is CCc1ccc(C(NC)C2Cc3ccccc3S2)cc1. The third-order valence-electron chi connectivity index (χ3n) is 4.10. The average molecular weight is 283 g/mol. The van der Waals surface area contributed by atoms with Crippen LogP contribution >= 0.6 is 11.8 Å². The van der Waals surface area contributed by atoms with Gasteiger partial charge in [0.1, 0.15) is 0 Å². The van der Waals surface area contributed by atoms with Crippen molar-refractivity contribution in [2.45, 2.75) is 36.0 Å². The van der Waals surface area contributed by atoms with Gasteiger partial charge >= 0.3 is 0 Å². The van der Waals surface area contributed by atoms with Crippen molar-refractivity contribution in [3.8, 4) is 0 Å². The molecule has 0 radical (unpaired) electrons. The largest absolute Gasteiger partial charge is 0.312 e. The molecular weight excluding hydrogens is 262 g/mol. The smallest absolute Gasteiger partial charge is 0.0444 e. The number of hydrogen-bond donors (Lipinski definition) is 1. The molecule has 0 saturated heterocycles. The van der Waals surface area contributed by atoms with Crippen molar-refractivity contribution in [1.82, 2.24) is 5.32 Å². The lowest BCUT2D eigenvalue weighted by molar-refractivity contribution is 0.568. The van der Waals surface area contributed by atoms with Gasteiger partial charge in [-0.25, -0.2) is 0 Å². The van der Waals surface area contributed by atoms with E-state index in [0.717, 1.165) is 12.8 Å². The van der Waals surface area contributed by atoms with E-state index >= 15 is 0 Å². The fourth-order valence-corrected chi connectivity index (χ4v) is 4.40. The summed E-state index contributed by atoms with van der Waals surface area (Å²) in [5, 5.41) is 4.10. The summed E-state index contributed by atoms with van der Waals surface area (Å²) in [4.78, 5) is 1.45. The Hall–Kier alpha value is -1.25. The number of nitrogens with one attached hydrogen (secondary N) is 1. The van der Waals surface area contributed by atoms with Crippen molar-refractivity contribution in [1.29, 1.82) is 0 Å². The molecule has 2 atom stereocenters. The Labute approximate surface area is 125 Å². The highest BCUT2D eigenvalue weighted by atomic mass is 32.2. The fraction of sp³-hybridized carbons (Fsp3) is 0.333. The van der Waals surface area contributed by atoms with Gasteiger partial charge in [-0.15, -0.1) is 11.8 Å². The van der Waals surface area contributed by atoms with E-state index < -0.39 is 0 Å². The molecule has 2 aromatic rings. The molecule has 1 heterocycles. The zero-order chi connectivity index (χ0) is 13.9. The molecule has 0 saturated carbocycles. The van der Waals surface area contributed by atoms with E-state index in [0.29, 0.717) is 11.3 Å². The van der Waals surface area contributed by atoms with Crippen molar-refractivity contribution < 1.29 is 0 Å². The minimum atomic E-state index is 0.415. The Balaban J connectivity index is 1.81. The van der Waals surface area contributed by atoms with Gasteiger partial charge < -0.3 is 5.32 Å². The molecule has 104 valence electrons. The minimum absolute atomic E-state index is 0.415. The fourth-order valence-electron chi connectivity index (χ4n) is 2.92. The molecule has 2 aromatic carbocycles. The third kappa shape index (κ3) is 2.63. The standard InChI is InChI=1S/C18H21NS/c1-3-13-8-10-14(11-9-13)18(19-2)17-12-15-6-4-5-7-16(15)20-17/h4-11,17-19H,3,12H2,1-2H3. The zero-order valence-electron chi connectivity index (χ0n) is 12.1. The van der Waals surface area contributed by atoms with Crippen LogP contribution in [0.5, 0.6) is 0 Å². The zero-order valence-corrected chi connectivity index (χ0v) is 12.9. The third-order valence-corrected chi connectivity index (χ3v) is 5.50. The number of rotatable bonds is 4. The van der Waals surface area contributed by atoms with Gasteiger partial charge in [0.2, 0.25) is 0 Å². The summed E-state index contributed by atoms with van der Waals surface area (Å²) >= 11 is 2.01. The molecule has 0 bridgehead atoms. The molecule has 2 heteroatoms. The van der Waals surface area contributed by atoms with Crippen LogP contribution in [0, 0.1) is 0 Å². The van der Waals surface area contributed by atoms with Gasteiger partial charge in [-0.2, -0.15) is 0 Å². The van der Waals surface area contributed by atoms with Crippen LogP contribution in [0.3, 0.4) is 0 Å². The van der Waals surface area contributed by atoms with Crippen LogP contribution in [0.1, 0.15) is 29.7 Å². The van der Waals surface area contributed by atoms with Crippen molar-refractivity contribution in [2.75, 3.05) is 7.05 Å². The molecule has 1 aliphatic rings. The van der Waals surface area contributed by atoms with Crippen molar-refractivity contribution in [3.63, 3.8) is 0 Å². The van der Waals surface area contributed by atoms with Crippen LogP contribution in [0.25, 0.3) is 0 Å². The van der Waals surface area contributed by atoms with Gasteiger partial charge in [0.15, 0.2) is 0 Å². The molecule has 0 fully saturated rings. The highest BCUT2D eigenvalue weighted by Gasteiger charge is 2.29. The van der Waals surface area contributed by atoms with Gasteiger partial charge in [-0.05, 0) is 42.6 Å². The van der Waals surface area contributed by atoms with Crippen LogP contribution in [0.4, 0.5) is 0 Å². The Morgan fingerprint density at radius 2 is 1.90 bits per heavy atom.